The van der Waals surface area contributed by atoms with Crippen LogP contribution in [0.3, 0.4) is 0 Å². The highest BCUT2D eigenvalue weighted by Gasteiger charge is 2.54. The van der Waals surface area contributed by atoms with Gasteiger partial charge in [-0.25, -0.2) is 0 Å². The average Bonchev–Trinajstić information content (AvgIpc) is 2.63. The van der Waals surface area contributed by atoms with Crippen molar-refractivity contribution in [2.75, 3.05) is 0 Å². The molecule has 0 bridgehead atoms. The Labute approximate surface area is 64.0 Å². The number of ether oxygens (including phenoxy) is 1. The molecule has 2 atom stereocenters. The molecule has 3 nitrogen and oxygen atoms in total. The first-order chi connectivity index (χ1) is 5.27. The van der Waals surface area contributed by atoms with Gasteiger partial charge in [0.15, 0.2) is 0 Å². The van der Waals surface area contributed by atoms with Gasteiger partial charge in [-0.1, -0.05) is 0 Å². The molecule has 1 aliphatic carbocycles. The van der Waals surface area contributed by atoms with Crippen LogP contribution in [0.2, 0.25) is 0 Å². The Morgan fingerprint density at radius 3 is 3.27 bits per heavy atom. The second-order valence-electron chi connectivity index (χ2n) is 2.79. The predicted octanol–water partition coefficient (Wildman–Crippen LogP) is 0.725. The summed E-state index contributed by atoms with van der Waals surface area (Å²) >= 11 is 0. The van der Waals surface area contributed by atoms with Gasteiger partial charge in [-0.15, -0.1) is 0 Å². The molecule has 11 heavy (non-hydrogen) atoms. The van der Waals surface area contributed by atoms with Crippen molar-refractivity contribution in [3.8, 4) is 0 Å². The third-order valence-electron chi connectivity index (χ3n) is 2.03. The van der Waals surface area contributed by atoms with Gasteiger partial charge in [0.25, 0.3) is 0 Å². The molecule has 2 unspecified atom stereocenters. The summed E-state index contributed by atoms with van der Waals surface area (Å²) < 4.78 is 5.22. The molecule has 0 aromatic carbocycles. The number of aldehydes is 1. The maximum absolute atomic E-state index is 10.2. The zero-order valence-corrected chi connectivity index (χ0v) is 5.86. The van der Waals surface area contributed by atoms with Crippen molar-refractivity contribution in [1.82, 2.24) is 0 Å². The molecule has 0 aromatic heterocycles. The van der Waals surface area contributed by atoms with Crippen LogP contribution in [0.5, 0.6) is 0 Å². The van der Waals surface area contributed by atoms with E-state index in [0.29, 0.717) is 6.42 Å². The zero-order valence-electron chi connectivity index (χ0n) is 5.86. The van der Waals surface area contributed by atoms with E-state index >= 15 is 0 Å². The summed E-state index contributed by atoms with van der Waals surface area (Å²) in [5, 5.41) is 8.99. The van der Waals surface area contributed by atoms with Crippen LogP contribution in [0.4, 0.5) is 0 Å². The minimum atomic E-state index is -0.409. The number of epoxide rings is 1. The Bertz CT molecular complexity index is 254. The minimum Gasteiger partial charge on any atom is -0.508 e. The van der Waals surface area contributed by atoms with Crippen LogP contribution in [0.1, 0.15) is 6.42 Å². The Kier molecular flexibility index (Phi) is 1.17. The van der Waals surface area contributed by atoms with Gasteiger partial charge in [-0.3, -0.25) is 0 Å². The highest BCUT2D eigenvalue weighted by molar-refractivity contribution is 5.56. The Morgan fingerprint density at radius 1 is 1.82 bits per heavy atom. The lowest BCUT2D eigenvalue weighted by Crippen LogP contribution is -2.14. The normalized spacial score (nSPS) is 39.3. The lowest BCUT2D eigenvalue weighted by atomic mass is 9.97. The Hall–Kier alpha value is -1.09. The van der Waals surface area contributed by atoms with Gasteiger partial charge in [0.2, 0.25) is 0 Å². The number of allylic oxidation sites excluding steroid dienone is 1. The van der Waals surface area contributed by atoms with E-state index < -0.39 is 5.60 Å². The standard InChI is InChI=1S/C8H8O3/c9-4-3-8-2-1-6(10)5-7(8)11-8/h1-2,4-5,7,10H,3H2. The first-order valence-corrected chi connectivity index (χ1v) is 3.48. The molecule has 0 saturated carbocycles. The van der Waals surface area contributed by atoms with Crippen molar-refractivity contribution in [3.05, 3.63) is 24.0 Å². The fourth-order valence-corrected chi connectivity index (χ4v) is 1.31. The van der Waals surface area contributed by atoms with Crippen molar-refractivity contribution >= 4 is 6.29 Å². The van der Waals surface area contributed by atoms with Gasteiger partial charge in [-0.05, 0) is 18.2 Å². The lowest BCUT2D eigenvalue weighted by Gasteiger charge is -2.04. The van der Waals surface area contributed by atoms with Crippen molar-refractivity contribution in [1.29, 1.82) is 0 Å². The molecule has 1 fully saturated rings. The SMILES string of the molecule is O=CCC12C=CC(O)=CC1O2. The summed E-state index contributed by atoms with van der Waals surface area (Å²) in [4.78, 5) is 10.2. The summed E-state index contributed by atoms with van der Waals surface area (Å²) in [6, 6.07) is 0. The molecule has 1 saturated heterocycles. The van der Waals surface area contributed by atoms with Crippen LogP contribution >= 0.6 is 0 Å². The summed E-state index contributed by atoms with van der Waals surface area (Å²) in [5.74, 6) is 0.217. The van der Waals surface area contributed by atoms with E-state index in [2.05, 4.69) is 0 Å². The third-order valence-corrected chi connectivity index (χ3v) is 2.03. The fraction of sp³-hybridized carbons (Fsp3) is 0.375. The first kappa shape index (κ1) is 6.61. The number of hydrogen-bond donors (Lipinski definition) is 1. The number of fused-ring (bicyclic) bond motifs is 1. The maximum Gasteiger partial charge on any atom is 0.124 e. The second kappa shape index (κ2) is 1.95. The Balaban J connectivity index is 2.16. The highest BCUT2D eigenvalue weighted by Crippen LogP contribution is 2.44. The van der Waals surface area contributed by atoms with Gasteiger partial charge >= 0.3 is 0 Å². The molecule has 0 spiro atoms. The third kappa shape index (κ3) is 0.886. The molecule has 1 N–H and O–H groups in total. The van der Waals surface area contributed by atoms with E-state index in [1.54, 1.807) is 18.2 Å². The summed E-state index contributed by atoms with van der Waals surface area (Å²) in [6.07, 6.45) is 6.04. The van der Waals surface area contributed by atoms with Gasteiger partial charge in [0.1, 0.15) is 23.8 Å². The monoisotopic (exact) mass is 152 g/mol. The van der Waals surface area contributed by atoms with Crippen molar-refractivity contribution in [2.24, 2.45) is 0 Å². The average molecular weight is 152 g/mol. The lowest BCUT2D eigenvalue weighted by molar-refractivity contribution is -0.108. The number of aliphatic hydroxyl groups excluding tert-OH is 1. The summed E-state index contributed by atoms with van der Waals surface area (Å²) in [6.45, 7) is 0. The number of rotatable bonds is 2. The molecule has 1 aliphatic heterocycles. The zero-order chi connectivity index (χ0) is 7.90. The molecule has 2 rings (SSSR count). The number of hydrogen-bond acceptors (Lipinski definition) is 3. The van der Waals surface area contributed by atoms with Crippen molar-refractivity contribution in [2.45, 2.75) is 18.1 Å². The number of carbonyl (C=O) groups is 1. The highest BCUT2D eigenvalue weighted by atomic mass is 16.6. The molecule has 0 amide bonds. The van der Waals surface area contributed by atoms with Crippen molar-refractivity contribution < 1.29 is 14.6 Å². The van der Waals surface area contributed by atoms with Gasteiger partial charge in [0, 0.05) is 6.42 Å². The van der Waals surface area contributed by atoms with Crippen LogP contribution in [0, 0.1) is 0 Å². The molecule has 0 radical (unpaired) electrons. The molecule has 58 valence electrons. The van der Waals surface area contributed by atoms with E-state index in [1.807, 2.05) is 0 Å². The van der Waals surface area contributed by atoms with Crippen LogP contribution in [-0.4, -0.2) is 23.1 Å². The summed E-state index contributed by atoms with van der Waals surface area (Å²) in [5.41, 5.74) is -0.409. The molecule has 0 aromatic rings. The van der Waals surface area contributed by atoms with Crippen LogP contribution in [-0.2, 0) is 9.53 Å². The molecule has 1 heterocycles. The largest absolute Gasteiger partial charge is 0.508 e. The van der Waals surface area contributed by atoms with E-state index in [0.717, 1.165) is 6.29 Å². The van der Waals surface area contributed by atoms with Crippen LogP contribution < -0.4 is 0 Å². The van der Waals surface area contributed by atoms with Crippen LogP contribution in [0.15, 0.2) is 24.0 Å². The van der Waals surface area contributed by atoms with Gasteiger partial charge < -0.3 is 14.6 Å². The molecule has 3 heteroatoms. The topological polar surface area (TPSA) is 49.8 Å². The molecular formula is C8H8O3. The quantitative estimate of drug-likeness (QED) is 0.468. The van der Waals surface area contributed by atoms with Gasteiger partial charge in [0.05, 0.1) is 0 Å². The molecule has 2 aliphatic rings. The van der Waals surface area contributed by atoms with Crippen molar-refractivity contribution in [3.63, 3.8) is 0 Å². The van der Waals surface area contributed by atoms with E-state index in [9.17, 15) is 4.79 Å². The van der Waals surface area contributed by atoms with Gasteiger partial charge in [-0.2, -0.15) is 0 Å². The Morgan fingerprint density at radius 2 is 2.64 bits per heavy atom. The predicted molar refractivity (Wildman–Crippen MR) is 38.1 cm³/mol. The minimum absolute atomic E-state index is 0.0855. The van der Waals surface area contributed by atoms with Crippen LogP contribution in [0.25, 0.3) is 0 Å². The van der Waals surface area contributed by atoms with E-state index in [1.165, 1.54) is 0 Å². The summed E-state index contributed by atoms with van der Waals surface area (Å²) in [7, 11) is 0. The second-order valence-corrected chi connectivity index (χ2v) is 2.79. The smallest absolute Gasteiger partial charge is 0.124 e. The maximum atomic E-state index is 10.2. The van der Waals surface area contributed by atoms with E-state index in [-0.39, 0.29) is 11.9 Å². The first-order valence-electron chi connectivity index (χ1n) is 3.48. The number of carbonyl (C=O) groups excluding carboxylic acids is 1. The number of aliphatic hydroxyl groups is 1. The molecular weight excluding hydrogens is 144 g/mol. The van der Waals surface area contributed by atoms with E-state index in [4.69, 9.17) is 9.84 Å². The fourth-order valence-electron chi connectivity index (χ4n) is 1.31.